The van der Waals surface area contributed by atoms with Crippen molar-refractivity contribution in [3.8, 4) is 11.5 Å². The fraction of sp³-hybridized carbons (Fsp3) is 0.235. The van der Waals surface area contributed by atoms with E-state index in [1.54, 1.807) is 7.11 Å². The lowest BCUT2D eigenvalue weighted by molar-refractivity contribution is 0.195. The number of ether oxygens (including phenoxy) is 1. The van der Waals surface area contributed by atoms with Gasteiger partial charge in [0.15, 0.2) is 5.58 Å². The Bertz CT molecular complexity index is 716. The molecular weight excluding hydrogens is 264 g/mol. The van der Waals surface area contributed by atoms with Crippen molar-refractivity contribution < 1.29 is 9.15 Å². The first-order valence-electron chi connectivity index (χ1n) is 7.01. The smallest absolute Gasteiger partial charge is 0.227 e. The van der Waals surface area contributed by atoms with Gasteiger partial charge in [0.25, 0.3) is 0 Å². The van der Waals surface area contributed by atoms with Crippen LogP contribution in [0.1, 0.15) is 12.0 Å². The average molecular weight is 282 g/mol. The molecule has 3 rings (SSSR count). The van der Waals surface area contributed by atoms with Gasteiger partial charge in [0.05, 0.1) is 0 Å². The number of methoxy groups -OCH3 is 1. The number of anilines is 1. The molecule has 0 aliphatic rings. The van der Waals surface area contributed by atoms with E-state index in [0.29, 0.717) is 5.89 Å². The molecule has 1 heterocycles. The van der Waals surface area contributed by atoms with Crippen LogP contribution in [0.25, 0.3) is 22.6 Å². The lowest BCUT2D eigenvalue weighted by Crippen LogP contribution is -1.98. The molecule has 3 aromatic rings. The van der Waals surface area contributed by atoms with E-state index in [1.807, 2.05) is 42.5 Å². The first-order valence-corrected chi connectivity index (χ1v) is 7.01. The summed E-state index contributed by atoms with van der Waals surface area (Å²) in [5.74, 6) is 0.603. The third-order valence-electron chi connectivity index (χ3n) is 3.48. The van der Waals surface area contributed by atoms with Gasteiger partial charge in [-0.1, -0.05) is 18.2 Å². The number of nitrogens with zero attached hydrogens (tertiary/aromatic N) is 1. The fourth-order valence-electron chi connectivity index (χ4n) is 2.36. The summed E-state index contributed by atoms with van der Waals surface area (Å²) in [7, 11) is 1.71. The van der Waals surface area contributed by atoms with Crippen molar-refractivity contribution in [2.75, 3.05) is 19.5 Å². The minimum atomic E-state index is 0.603. The number of nitrogens with two attached hydrogens (primary N) is 1. The van der Waals surface area contributed by atoms with Gasteiger partial charge in [0, 0.05) is 25.0 Å². The second-order valence-corrected chi connectivity index (χ2v) is 5.00. The van der Waals surface area contributed by atoms with Crippen LogP contribution in [0, 0.1) is 0 Å². The van der Waals surface area contributed by atoms with E-state index in [4.69, 9.17) is 14.9 Å². The predicted molar refractivity (Wildman–Crippen MR) is 84.1 cm³/mol. The molecule has 0 aliphatic heterocycles. The zero-order valence-electron chi connectivity index (χ0n) is 12.0. The molecule has 0 spiro atoms. The number of aryl methyl sites for hydroxylation is 1. The van der Waals surface area contributed by atoms with Crippen LogP contribution in [0.2, 0.25) is 0 Å². The molecule has 4 nitrogen and oxygen atoms in total. The van der Waals surface area contributed by atoms with Crippen LogP contribution in [0.15, 0.2) is 46.9 Å². The zero-order valence-corrected chi connectivity index (χ0v) is 12.0. The van der Waals surface area contributed by atoms with Crippen LogP contribution in [0.3, 0.4) is 0 Å². The minimum Gasteiger partial charge on any atom is -0.436 e. The maximum absolute atomic E-state index is 6.12. The molecule has 0 unspecified atom stereocenters. The zero-order chi connectivity index (χ0) is 14.7. The van der Waals surface area contributed by atoms with Gasteiger partial charge in [0.2, 0.25) is 5.89 Å². The van der Waals surface area contributed by atoms with Crippen LogP contribution < -0.4 is 5.73 Å². The van der Waals surface area contributed by atoms with Crippen molar-refractivity contribution in [2.24, 2.45) is 0 Å². The summed E-state index contributed by atoms with van der Waals surface area (Å²) >= 11 is 0. The molecule has 0 bridgehead atoms. The number of aromatic nitrogens is 1. The molecule has 108 valence electrons. The van der Waals surface area contributed by atoms with Crippen molar-refractivity contribution in [1.82, 2.24) is 4.98 Å². The molecule has 2 N–H and O–H groups in total. The van der Waals surface area contributed by atoms with Gasteiger partial charge < -0.3 is 14.9 Å². The van der Waals surface area contributed by atoms with Gasteiger partial charge in [-0.25, -0.2) is 4.98 Å². The number of fused-ring (bicyclic) bond motifs is 1. The average Bonchev–Trinajstić information content (AvgIpc) is 2.93. The minimum absolute atomic E-state index is 0.603. The Labute approximate surface area is 123 Å². The summed E-state index contributed by atoms with van der Waals surface area (Å²) in [6.07, 6.45) is 1.87. The number of rotatable bonds is 5. The summed E-state index contributed by atoms with van der Waals surface area (Å²) < 4.78 is 10.8. The van der Waals surface area contributed by atoms with Crippen LogP contribution in [-0.4, -0.2) is 18.7 Å². The van der Waals surface area contributed by atoms with Crippen molar-refractivity contribution in [3.63, 3.8) is 0 Å². The predicted octanol–water partition coefficient (Wildman–Crippen LogP) is 3.66. The van der Waals surface area contributed by atoms with Crippen molar-refractivity contribution >= 4 is 16.8 Å². The highest BCUT2D eigenvalue weighted by Crippen LogP contribution is 2.27. The molecule has 4 heteroatoms. The van der Waals surface area contributed by atoms with E-state index in [-0.39, 0.29) is 0 Å². The molecule has 21 heavy (non-hydrogen) atoms. The lowest BCUT2D eigenvalue weighted by Gasteiger charge is -2.06. The van der Waals surface area contributed by atoms with Crippen LogP contribution >= 0.6 is 0 Å². The molecule has 0 atom stereocenters. The van der Waals surface area contributed by atoms with E-state index >= 15 is 0 Å². The Balaban J connectivity index is 1.87. The second-order valence-electron chi connectivity index (χ2n) is 5.00. The van der Waals surface area contributed by atoms with Gasteiger partial charge in [0.1, 0.15) is 5.52 Å². The Morgan fingerprint density at radius 3 is 2.81 bits per heavy atom. The Hall–Kier alpha value is -2.33. The van der Waals surface area contributed by atoms with Crippen molar-refractivity contribution in [1.29, 1.82) is 0 Å². The van der Waals surface area contributed by atoms with Gasteiger partial charge in [-0.15, -0.1) is 0 Å². The molecular formula is C17H18N2O2. The number of benzene rings is 2. The molecule has 0 aliphatic carbocycles. The Morgan fingerprint density at radius 1 is 1.19 bits per heavy atom. The maximum atomic E-state index is 6.12. The monoisotopic (exact) mass is 282 g/mol. The lowest BCUT2D eigenvalue weighted by atomic mass is 10.0. The quantitative estimate of drug-likeness (QED) is 0.573. The largest absolute Gasteiger partial charge is 0.436 e. The molecule has 0 saturated carbocycles. The topological polar surface area (TPSA) is 61.3 Å². The van der Waals surface area contributed by atoms with E-state index in [2.05, 4.69) is 4.98 Å². The summed E-state index contributed by atoms with van der Waals surface area (Å²) in [4.78, 5) is 4.49. The first kappa shape index (κ1) is 13.6. The van der Waals surface area contributed by atoms with Gasteiger partial charge in [-0.2, -0.15) is 0 Å². The first-order chi connectivity index (χ1) is 10.3. The van der Waals surface area contributed by atoms with Crippen molar-refractivity contribution in [3.05, 3.63) is 48.0 Å². The van der Waals surface area contributed by atoms with E-state index < -0.39 is 0 Å². The normalized spacial score (nSPS) is 11.1. The molecule has 0 amide bonds. The Kier molecular flexibility index (Phi) is 3.88. The van der Waals surface area contributed by atoms with Crippen LogP contribution in [0.5, 0.6) is 0 Å². The van der Waals surface area contributed by atoms with Crippen LogP contribution in [0.4, 0.5) is 5.69 Å². The van der Waals surface area contributed by atoms with Crippen LogP contribution in [-0.2, 0) is 11.2 Å². The molecule has 0 saturated heterocycles. The van der Waals surface area contributed by atoms with E-state index in [1.165, 1.54) is 0 Å². The number of hydrogen-bond donors (Lipinski definition) is 1. The van der Waals surface area contributed by atoms with E-state index in [0.717, 1.165) is 47.4 Å². The fourth-order valence-corrected chi connectivity index (χ4v) is 2.36. The number of hydrogen-bond acceptors (Lipinski definition) is 4. The second kappa shape index (κ2) is 5.97. The molecule has 0 fully saturated rings. The van der Waals surface area contributed by atoms with Crippen molar-refractivity contribution in [2.45, 2.75) is 12.8 Å². The molecule has 2 aromatic carbocycles. The van der Waals surface area contributed by atoms with Gasteiger partial charge in [-0.05, 0) is 42.7 Å². The highest BCUT2D eigenvalue weighted by molar-refractivity contribution is 5.76. The number of oxazole rings is 1. The third kappa shape index (κ3) is 2.90. The maximum Gasteiger partial charge on any atom is 0.227 e. The standard InChI is InChI=1S/C17H18N2O2/c1-20-10-4-5-12-8-9-13(11-14(12)18)17-19-15-6-2-3-7-16(15)21-17/h2-3,6-9,11H,4-5,10,18H2,1H3. The molecule has 0 radical (unpaired) electrons. The number of nitrogen functional groups attached to an aromatic ring is 1. The highest BCUT2D eigenvalue weighted by Gasteiger charge is 2.09. The van der Waals surface area contributed by atoms with Gasteiger partial charge >= 0.3 is 0 Å². The number of para-hydroxylation sites is 2. The Morgan fingerprint density at radius 2 is 2.05 bits per heavy atom. The summed E-state index contributed by atoms with van der Waals surface area (Å²) in [5, 5.41) is 0. The van der Waals surface area contributed by atoms with E-state index in [9.17, 15) is 0 Å². The SMILES string of the molecule is COCCCc1ccc(-c2nc3ccccc3o2)cc1N. The highest BCUT2D eigenvalue weighted by atomic mass is 16.5. The summed E-state index contributed by atoms with van der Waals surface area (Å²) in [5.41, 5.74) is 10.6. The third-order valence-corrected chi connectivity index (χ3v) is 3.48. The summed E-state index contributed by atoms with van der Waals surface area (Å²) in [6, 6.07) is 13.7. The van der Waals surface area contributed by atoms with Gasteiger partial charge in [-0.3, -0.25) is 0 Å². The summed E-state index contributed by atoms with van der Waals surface area (Å²) in [6.45, 7) is 0.742. The molecule has 1 aromatic heterocycles.